The fourth-order valence-electron chi connectivity index (χ4n) is 2.68. The Morgan fingerprint density at radius 1 is 1.35 bits per heavy atom. The van der Waals surface area contributed by atoms with Crippen LogP contribution in [0.3, 0.4) is 0 Å². The first-order chi connectivity index (χ1) is 11.2. The summed E-state index contributed by atoms with van der Waals surface area (Å²) >= 11 is 3.02. The fraction of sp³-hybridized carbons (Fsp3) is 0.412. The summed E-state index contributed by atoms with van der Waals surface area (Å²) in [6.45, 7) is 2.83. The summed E-state index contributed by atoms with van der Waals surface area (Å²) in [5.74, 6) is 0.569. The van der Waals surface area contributed by atoms with E-state index < -0.39 is 0 Å². The molecule has 0 radical (unpaired) electrons. The number of hydrogen-bond acceptors (Lipinski definition) is 5. The van der Waals surface area contributed by atoms with E-state index in [0.29, 0.717) is 18.1 Å². The highest BCUT2D eigenvalue weighted by atomic mass is 32.2. The van der Waals surface area contributed by atoms with Gasteiger partial charge in [0.1, 0.15) is 4.91 Å². The van der Waals surface area contributed by atoms with Gasteiger partial charge in [0.25, 0.3) is 0 Å². The van der Waals surface area contributed by atoms with E-state index in [1.165, 1.54) is 29.1 Å². The van der Waals surface area contributed by atoms with Crippen LogP contribution < -0.4 is 0 Å². The minimum atomic E-state index is -0.304. The van der Waals surface area contributed by atoms with E-state index in [1.54, 1.807) is 11.8 Å². The molecule has 0 spiro atoms. The lowest BCUT2D eigenvalue weighted by atomic mass is 10.1. The van der Waals surface area contributed by atoms with Gasteiger partial charge in [-0.3, -0.25) is 4.79 Å². The molecule has 2 heterocycles. The Morgan fingerprint density at radius 2 is 2.13 bits per heavy atom. The van der Waals surface area contributed by atoms with Gasteiger partial charge in [0, 0.05) is 12.3 Å². The van der Waals surface area contributed by atoms with E-state index >= 15 is 0 Å². The second kappa shape index (κ2) is 7.45. The zero-order valence-corrected chi connectivity index (χ0v) is 14.6. The number of carbonyl (C=O) groups excluding carboxylic acids is 2. The van der Waals surface area contributed by atoms with E-state index in [1.807, 2.05) is 18.2 Å². The quantitative estimate of drug-likeness (QED) is 0.765. The second-order valence-corrected chi connectivity index (χ2v) is 7.62. The van der Waals surface area contributed by atoms with E-state index in [9.17, 15) is 9.59 Å². The zero-order valence-electron chi connectivity index (χ0n) is 13.0. The predicted molar refractivity (Wildman–Crippen MR) is 94.0 cm³/mol. The first kappa shape index (κ1) is 16.5. The van der Waals surface area contributed by atoms with Gasteiger partial charge in [-0.1, -0.05) is 42.1 Å². The lowest BCUT2D eigenvalue weighted by Gasteiger charge is -2.24. The molecule has 1 atom stereocenters. The SMILES string of the molecule is CCOC(=O)C1=C2SC(CCc3ccccc3)C(=O)N2CCS1. The Balaban J connectivity index is 1.72. The number of benzene rings is 1. The number of rotatable bonds is 5. The number of carbonyl (C=O) groups is 2. The molecule has 0 aliphatic carbocycles. The van der Waals surface area contributed by atoms with Crippen molar-refractivity contribution in [3.8, 4) is 0 Å². The molecule has 2 aliphatic rings. The first-order valence-corrected chi connectivity index (χ1v) is 9.63. The van der Waals surface area contributed by atoms with Crippen molar-refractivity contribution in [3.05, 3.63) is 45.8 Å². The standard InChI is InChI=1S/C17H19NO3S2/c1-2-21-17(20)14-16-18(10-11-22-14)15(19)13(23-16)9-8-12-6-4-3-5-7-12/h3-7,13H,2,8-11H2,1H3. The minimum Gasteiger partial charge on any atom is -0.462 e. The normalized spacial score (nSPS) is 20.7. The fourth-order valence-corrected chi connectivity index (χ4v) is 5.12. The molecule has 1 fully saturated rings. The van der Waals surface area contributed by atoms with Crippen molar-refractivity contribution in [2.75, 3.05) is 18.9 Å². The molecule has 0 saturated carbocycles. The van der Waals surface area contributed by atoms with Crippen molar-refractivity contribution < 1.29 is 14.3 Å². The molecule has 1 amide bonds. The largest absolute Gasteiger partial charge is 0.462 e. The maximum Gasteiger partial charge on any atom is 0.347 e. The predicted octanol–water partition coefficient (Wildman–Crippen LogP) is 3.04. The van der Waals surface area contributed by atoms with E-state index in [0.717, 1.165) is 23.6 Å². The molecule has 4 nitrogen and oxygen atoms in total. The number of ether oxygens (including phenoxy) is 1. The monoisotopic (exact) mass is 349 g/mol. The lowest BCUT2D eigenvalue weighted by Crippen LogP contribution is -2.33. The number of thioether (sulfide) groups is 2. The average molecular weight is 349 g/mol. The van der Waals surface area contributed by atoms with Crippen LogP contribution in [0, 0.1) is 0 Å². The van der Waals surface area contributed by atoms with Gasteiger partial charge in [-0.05, 0) is 25.3 Å². The average Bonchev–Trinajstić information content (AvgIpc) is 2.90. The van der Waals surface area contributed by atoms with Gasteiger partial charge in [0.15, 0.2) is 0 Å². The summed E-state index contributed by atoms with van der Waals surface area (Å²) in [6, 6.07) is 10.2. The highest BCUT2D eigenvalue weighted by Gasteiger charge is 2.41. The summed E-state index contributed by atoms with van der Waals surface area (Å²) in [5.41, 5.74) is 1.24. The van der Waals surface area contributed by atoms with E-state index in [-0.39, 0.29) is 17.1 Å². The van der Waals surface area contributed by atoms with Crippen molar-refractivity contribution >= 4 is 35.4 Å². The van der Waals surface area contributed by atoms with Gasteiger partial charge < -0.3 is 9.64 Å². The maximum atomic E-state index is 12.6. The van der Waals surface area contributed by atoms with Crippen LogP contribution in [0.2, 0.25) is 0 Å². The van der Waals surface area contributed by atoms with Crippen LogP contribution in [0.5, 0.6) is 0 Å². The molecule has 0 N–H and O–H groups in total. The first-order valence-electron chi connectivity index (χ1n) is 7.77. The molecule has 122 valence electrons. The smallest absolute Gasteiger partial charge is 0.347 e. The van der Waals surface area contributed by atoms with Crippen LogP contribution in [0.15, 0.2) is 40.3 Å². The van der Waals surface area contributed by atoms with Crippen molar-refractivity contribution in [1.82, 2.24) is 4.90 Å². The number of esters is 1. The lowest BCUT2D eigenvalue weighted by molar-refractivity contribution is -0.137. The van der Waals surface area contributed by atoms with Gasteiger partial charge >= 0.3 is 5.97 Å². The summed E-state index contributed by atoms with van der Waals surface area (Å²) < 4.78 is 5.12. The molecule has 0 bridgehead atoms. The molecular weight excluding hydrogens is 330 g/mol. The Kier molecular flexibility index (Phi) is 5.33. The Hall–Kier alpha value is -1.40. The van der Waals surface area contributed by atoms with Gasteiger partial charge in [-0.2, -0.15) is 0 Å². The summed E-state index contributed by atoms with van der Waals surface area (Å²) in [4.78, 5) is 27.0. The third-order valence-electron chi connectivity index (χ3n) is 3.79. The second-order valence-electron chi connectivity index (χ2n) is 5.32. The number of nitrogens with zero attached hydrogens (tertiary/aromatic N) is 1. The molecule has 1 aromatic carbocycles. The van der Waals surface area contributed by atoms with Gasteiger partial charge in [-0.15, -0.1) is 11.8 Å². The molecule has 6 heteroatoms. The van der Waals surface area contributed by atoms with Crippen molar-refractivity contribution in [3.63, 3.8) is 0 Å². The summed E-state index contributed by atoms with van der Waals surface area (Å²) in [7, 11) is 0. The zero-order chi connectivity index (χ0) is 16.2. The number of fused-ring (bicyclic) bond motifs is 1. The van der Waals surface area contributed by atoms with Crippen molar-refractivity contribution in [2.45, 2.75) is 25.0 Å². The Bertz CT molecular complexity index is 630. The third-order valence-corrected chi connectivity index (χ3v) is 6.33. The van der Waals surface area contributed by atoms with Crippen LogP contribution in [-0.2, 0) is 20.7 Å². The summed E-state index contributed by atoms with van der Waals surface area (Å²) in [5, 5.41) is 0.691. The van der Waals surface area contributed by atoms with E-state index in [4.69, 9.17) is 4.74 Å². The summed E-state index contributed by atoms with van der Waals surface area (Å²) in [6.07, 6.45) is 1.65. The maximum absolute atomic E-state index is 12.6. The number of hydrogen-bond donors (Lipinski definition) is 0. The van der Waals surface area contributed by atoms with Crippen LogP contribution in [0.4, 0.5) is 0 Å². The van der Waals surface area contributed by atoms with Crippen LogP contribution >= 0.6 is 23.5 Å². The van der Waals surface area contributed by atoms with Crippen LogP contribution in [0.1, 0.15) is 18.9 Å². The Labute approximate surface area is 144 Å². The van der Waals surface area contributed by atoms with Gasteiger partial charge in [0.05, 0.1) is 16.9 Å². The molecule has 1 aromatic rings. The Morgan fingerprint density at radius 3 is 2.87 bits per heavy atom. The van der Waals surface area contributed by atoms with E-state index in [2.05, 4.69) is 12.1 Å². The topological polar surface area (TPSA) is 46.6 Å². The molecule has 0 aromatic heterocycles. The molecular formula is C17H19NO3S2. The highest BCUT2D eigenvalue weighted by molar-refractivity contribution is 8.08. The van der Waals surface area contributed by atoms with Gasteiger partial charge in [-0.25, -0.2) is 4.79 Å². The molecule has 1 saturated heterocycles. The van der Waals surface area contributed by atoms with Crippen LogP contribution in [0.25, 0.3) is 0 Å². The van der Waals surface area contributed by atoms with Gasteiger partial charge in [0.2, 0.25) is 5.91 Å². The minimum absolute atomic E-state index is 0.103. The highest BCUT2D eigenvalue weighted by Crippen LogP contribution is 2.44. The molecule has 2 aliphatic heterocycles. The van der Waals surface area contributed by atoms with Crippen LogP contribution in [-0.4, -0.2) is 40.9 Å². The molecule has 1 unspecified atom stereocenters. The van der Waals surface area contributed by atoms with Crippen molar-refractivity contribution in [2.24, 2.45) is 0 Å². The number of aryl methyl sites for hydroxylation is 1. The molecule has 23 heavy (non-hydrogen) atoms. The number of amides is 1. The third kappa shape index (κ3) is 3.58. The van der Waals surface area contributed by atoms with Crippen molar-refractivity contribution in [1.29, 1.82) is 0 Å². The molecule has 3 rings (SSSR count).